The SMILES string of the molecule is CC(C)CCNC(=O)c1ccc2c(c1)nc1n2CCN(Cc2ccccc2)C1=O. The monoisotopic (exact) mass is 390 g/mol. The lowest BCUT2D eigenvalue weighted by molar-refractivity contribution is 0.0685. The van der Waals surface area contributed by atoms with Crippen LogP contribution in [0.3, 0.4) is 0 Å². The van der Waals surface area contributed by atoms with Crippen molar-refractivity contribution in [1.29, 1.82) is 0 Å². The van der Waals surface area contributed by atoms with Crippen molar-refractivity contribution in [3.05, 3.63) is 65.5 Å². The van der Waals surface area contributed by atoms with Gasteiger partial charge in [-0.2, -0.15) is 0 Å². The van der Waals surface area contributed by atoms with Crippen molar-refractivity contribution in [2.75, 3.05) is 13.1 Å². The number of rotatable bonds is 6. The van der Waals surface area contributed by atoms with Gasteiger partial charge in [-0.1, -0.05) is 44.2 Å². The summed E-state index contributed by atoms with van der Waals surface area (Å²) in [6.45, 7) is 6.83. The van der Waals surface area contributed by atoms with Crippen molar-refractivity contribution in [3.8, 4) is 0 Å². The molecule has 1 aromatic heterocycles. The number of carbonyl (C=O) groups excluding carboxylic acids is 2. The molecule has 0 radical (unpaired) electrons. The maximum absolute atomic E-state index is 13.0. The minimum absolute atomic E-state index is 0.0702. The van der Waals surface area contributed by atoms with Gasteiger partial charge in [-0.15, -0.1) is 0 Å². The van der Waals surface area contributed by atoms with E-state index in [4.69, 9.17) is 0 Å². The highest BCUT2D eigenvalue weighted by molar-refractivity contribution is 6.00. The van der Waals surface area contributed by atoms with Gasteiger partial charge in [0.25, 0.3) is 11.8 Å². The van der Waals surface area contributed by atoms with Gasteiger partial charge < -0.3 is 14.8 Å². The summed E-state index contributed by atoms with van der Waals surface area (Å²) in [7, 11) is 0. The van der Waals surface area contributed by atoms with E-state index >= 15 is 0 Å². The first-order valence-electron chi connectivity index (χ1n) is 10.1. The van der Waals surface area contributed by atoms with Crippen LogP contribution in [-0.4, -0.2) is 39.4 Å². The summed E-state index contributed by atoms with van der Waals surface area (Å²) >= 11 is 0. The molecule has 0 spiro atoms. The third-order valence-electron chi connectivity index (χ3n) is 5.31. The molecule has 29 heavy (non-hydrogen) atoms. The standard InChI is InChI=1S/C23H26N4O2/c1-16(2)10-11-24-22(28)18-8-9-20-19(14-18)25-21-23(29)26(12-13-27(20)21)15-17-6-4-3-5-7-17/h3-9,14,16H,10-13,15H2,1-2H3,(H,24,28). The van der Waals surface area contributed by atoms with Gasteiger partial charge >= 0.3 is 0 Å². The molecule has 2 amide bonds. The zero-order valence-electron chi connectivity index (χ0n) is 16.9. The summed E-state index contributed by atoms with van der Waals surface area (Å²) in [6.07, 6.45) is 0.943. The summed E-state index contributed by atoms with van der Waals surface area (Å²) in [5.74, 6) is 0.817. The van der Waals surface area contributed by atoms with E-state index in [9.17, 15) is 9.59 Å². The van der Waals surface area contributed by atoms with E-state index in [-0.39, 0.29) is 11.8 Å². The number of nitrogens with zero attached hydrogens (tertiary/aromatic N) is 3. The van der Waals surface area contributed by atoms with Crippen LogP contribution in [0, 0.1) is 5.92 Å². The van der Waals surface area contributed by atoms with Gasteiger partial charge in [-0.05, 0) is 36.1 Å². The molecule has 0 bridgehead atoms. The van der Waals surface area contributed by atoms with Gasteiger partial charge in [-0.3, -0.25) is 9.59 Å². The number of aromatic nitrogens is 2. The van der Waals surface area contributed by atoms with E-state index in [0.717, 1.165) is 17.5 Å². The highest BCUT2D eigenvalue weighted by atomic mass is 16.2. The molecule has 2 heterocycles. The Morgan fingerprint density at radius 3 is 2.69 bits per heavy atom. The topological polar surface area (TPSA) is 67.2 Å². The number of imidazole rings is 1. The fourth-order valence-electron chi connectivity index (χ4n) is 3.66. The molecule has 150 valence electrons. The molecule has 6 nitrogen and oxygen atoms in total. The molecule has 0 atom stereocenters. The van der Waals surface area contributed by atoms with Crippen LogP contribution in [0.1, 0.15) is 46.8 Å². The van der Waals surface area contributed by atoms with Crippen LogP contribution in [0.4, 0.5) is 0 Å². The minimum Gasteiger partial charge on any atom is -0.352 e. The molecule has 1 N–H and O–H groups in total. The van der Waals surface area contributed by atoms with E-state index in [1.807, 2.05) is 51.9 Å². The van der Waals surface area contributed by atoms with Crippen LogP contribution in [0.5, 0.6) is 0 Å². The van der Waals surface area contributed by atoms with Crippen LogP contribution in [-0.2, 0) is 13.1 Å². The normalized spacial score (nSPS) is 13.8. The van der Waals surface area contributed by atoms with Crippen molar-refractivity contribution in [3.63, 3.8) is 0 Å². The molecule has 0 saturated heterocycles. The van der Waals surface area contributed by atoms with Crippen LogP contribution in [0.25, 0.3) is 11.0 Å². The second kappa shape index (κ2) is 8.07. The van der Waals surface area contributed by atoms with Crippen LogP contribution in [0.15, 0.2) is 48.5 Å². The maximum Gasteiger partial charge on any atom is 0.290 e. The minimum atomic E-state index is -0.101. The first kappa shape index (κ1) is 19.2. The van der Waals surface area contributed by atoms with E-state index in [1.165, 1.54) is 0 Å². The lowest BCUT2D eigenvalue weighted by Crippen LogP contribution is -2.39. The number of hydrogen-bond donors (Lipinski definition) is 1. The number of hydrogen-bond acceptors (Lipinski definition) is 3. The van der Waals surface area contributed by atoms with Gasteiger partial charge in [0.15, 0.2) is 5.82 Å². The van der Waals surface area contributed by atoms with Crippen molar-refractivity contribution in [2.45, 2.75) is 33.4 Å². The van der Waals surface area contributed by atoms with Crippen molar-refractivity contribution >= 4 is 22.8 Å². The largest absolute Gasteiger partial charge is 0.352 e. The van der Waals surface area contributed by atoms with Crippen molar-refractivity contribution < 1.29 is 9.59 Å². The highest BCUT2D eigenvalue weighted by Gasteiger charge is 2.28. The summed E-state index contributed by atoms with van der Waals surface area (Å²) < 4.78 is 1.96. The van der Waals surface area contributed by atoms with Crippen LogP contribution >= 0.6 is 0 Å². The third-order valence-corrected chi connectivity index (χ3v) is 5.31. The molecule has 0 aliphatic carbocycles. The zero-order chi connectivity index (χ0) is 20.4. The second-order valence-electron chi connectivity index (χ2n) is 7.94. The van der Waals surface area contributed by atoms with Gasteiger partial charge in [0.1, 0.15) is 0 Å². The highest BCUT2D eigenvalue weighted by Crippen LogP contribution is 2.23. The Morgan fingerprint density at radius 1 is 1.14 bits per heavy atom. The molecule has 2 aromatic carbocycles. The first-order chi connectivity index (χ1) is 14.0. The zero-order valence-corrected chi connectivity index (χ0v) is 16.9. The van der Waals surface area contributed by atoms with Crippen LogP contribution in [0.2, 0.25) is 0 Å². The average Bonchev–Trinajstić information content (AvgIpc) is 3.09. The Bertz CT molecular complexity index is 1040. The molecule has 4 rings (SSSR count). The van der Waals surface area contributed by atoms with E-state index in [1.54, 1.807) is 6.07 Å². The Morgan fingerprint density at radius 2 is 1.93 bits per heavy atom. The third kappa shape index (κ3) is 4.01. The molecule has 0 unspecified atom stereocenters. The number of carbonyl (C=O) groups is 2. The fourth-order valence-corrected chi connectivity index (χ4v) is 3.66. The fraction of sp³-hybridized carbons (Fsp3) is 0.348. The quantitative estimate of drug-likeness (QED) is 0.701. The van der Waals surface area contributed by atoms with E-state index < -0.39 is 0 Å². The number of fused-ring (bicyclic) bond motifs is 3. The molecule has 3 aromatic rings. The van der Waals surface area contributed by atoms with Crippen molar-refractivity contribution in [1.82, 2.24) is 19.8 Å². The van der Waals surface area contributed by atoms with Crippen LogP contribution < -0.4 is 5.32 Å². The second-order valence-corrected chi connectivity index (χ2v) is 7.94. The predicted octanol–water partition coefficient (Wildman–Crippen LogP) is 3.47. The van der Waals surface area contributed by atoms with E-state index in [0.29, 0.717) is 49.0 Å². The lowest BCUT2D eigenvalue weighted by Gasteiger charge is -2.27. The maximum atomic E-state index is 13.0. The Hall–Kier alpha value is -3.15. The Labute approximate surface area is 170 Å². The molecule has 0 fully saturated rings. The van der Waals surface area contributed by atoms with Gasteiger partial charge in [0.2, 0.25) is 0 Å². The molecular formula is C23H26N4O2. The van der Waals surface area contributed by atoms with E-state index in [2.05, 4.69) is 24.1 Å². The molecule has 0 saturated carbocycles. The summed E-state index contributed by atoms with van der Waals surface area (Å²) in [5, 5.41) is 2.95. The number of amides is 2. The number of nitrogens with one attached hydrogen (secondary N) is 1. The van der Waals surface area contributed by atoms with Crippen molar-refractivity contribution in [2.24, 2.45) is 5.92 Å². The van der Waals surface area contributed by atoms with Gasteiger partial charge in [-0.25, -0.2) is 4.98 Å². The van der Waals surface area contributed by atoms with Gasteiger partial charge in [0.05, 0.1) is 11.0 Å². The summed E-state index contributed by atoms with van der Waals surface area (Å²) in [4.78, 5) is 31.8. The Kier molecular flexibility index (Phi) is 5.34. The lowest BCUT2D eigenvalue weighted by atomic mass is 10.1. The molecule has 6 heteroatoms. The van der Waals surface area contributed by atoms with Gasteiger partial charge in [0, 0.05) is 31.7 Å². The first-order valence-corrected chi connectivity index (χ1v) is 10.1. The predicted molar refractivity (Wildman–Crippen MR) is 113 cm³/mol. The number of benzene rings is 2. The smallest absolute Gasteiger partial charge is 0.290 e. The molecule has 1 aliphatic rings. The summed E-state index contributed by atoms with van der Waals surface area (Å²) in [6, 6.07) is 15.5. The molecule has 1 aliphatic heterocycles. The molecular weight excluding hydrogens is 364 g/mol. The average molecular weight is 390 g/mol. The summed E-state index contributed by atoms with van der Waals surface area (Å²) in [5.41, 5.74) is 3.26. The Balaban J connectivity index is 1.54.